The molecule has 0 aliphatic carbocycles. The Bertz CT molecular complexity index is 326. The van der Waals surface area contributed by atoms with Gasteiger partial charge in [0.15, 0.2) is 0 Å². The van der Waals surface area contributed by atoms with Crippen molar-refractivity contribution >= 4 is 21.6 Å². The van der Waals surface area contributed by atoms with Crippen molar-refractivity contribution in [1.82, 2.24) is 5.32 Å². The van der Waals surface area contributed by atoms with Crippen LogP contribution in [0.1, 0.15) is 0 Å². The average molecular weight is 259 g/mol. The van der Waals surface area contributed by atoms with Crippen molar-refractivity contribution in [2.75, 3.05) is 25.0 Å². The van der Waals surface area contributed by atoms with Crippen molar-refractivity contribution in [1.29, 1.82) is 0 Å². The van der Waals surface area contributed by atoms with Gasteiger partial charge in [0, 0.05) is 30.0 Å². The Morgan fingerprint density at radius 3 is 2.93 bits per heavy atom. The topological polar surface area (TPSA) is 24.1 Å². The van der Waals surface area contributed by atoms with Gasteiger partial charge in [-0.15, -0.1) is 0 Å². The molecule has 0 amide bonds. The van der Waals surface area contributed by atoms with Gasteiger partial charge in [-0.05, 0) is 18.2 Å². The quantitative estimate of drug-likeness (QED) is 0.869. The number of hydrogen-bond acceptors (Lipinski definition) is 2. The minimum atomic E-state index is -0.194. The Hall–Kier alpha value is -0.610. The average Bonchev–Trinajstić information content (AvgIpc) is 2.08. The summed E-state index contributed by atoms with van der Waals surface area (Å²) in [5.41, 5.74) is 0.575. The van der Waals surface area contributed by atoms with Gasteiger partial charge in [0.2, 0.25) is 0 Å². The van der Waals surface area contributed by atoms with Crippen molar-refractivity contribution in [3.63, 3.8) is 0 Å². The molecule has 14 heavy (non-hydrogen) atoms. The van der Waals surface area contributed by atoms with Crippen molar-refractivity contribution in [2.24, 2.45) is 5.92 Å². The third kappa shape index (κ3) is 2.25. The highest BCUT2D eigenvalue weighted by molar-refractivity contribution is 9.10. The molecule has 0 unspecified atom stereocenters. The molecule has 0 bridgehead atoms. The van der Waals surface area contributed by atoms with E-state index in [0.717, 1.165) is 24.1 Å². The summed E-state index contributed by atoms with van der Waals surface area (Å²) in [6, 6.07) is 4.93. The first-order valence-electron chi connectivity index (χ1n) is 4.65. The van der Waals surface area contributed by atoms with Crippen LogP contribution in [-0.2, 0) is 0 Å². The third-order valence-corrected chi connectivity index (χ3v) is 2.87. The minimum absolute atomic E-state index is 0.194. The summed E-state index contributed by atoms with van der Waals surface area (Å²) >= 11 is 3.32. The molecule has 2 N–H and O–H groups in total. The van der Waals surface area contributed by atoms with Gasteiger partial charge in [-0.2, -0.15) is 0 Å². The normalized spacial score (nSPS) is 16.4. The molecule has 0 aromatic heterocycles. The summed E-state index contributed by atoms with van der Waals surface area (Å²) in [6.07, 6.45) is 0. The lowest BCUT2D eigenvalue weighted by Gasteiger charge is -2.27. The highest BCUT2D eigenvalue weighted by Crippen LogP contribution is 2.20. The van der Waals surface area contributed by atoms with Gasteiger partial charge in [-0.25, -0.2) is 4.39 Å². The summed E-state index contributed by atoms with van der Waals surface area (Å²) in [5, 5.41) is 6.29. The van der Waals surface area contributed by atoms with Crippen LogP contribution in [0.2, 0.25) is 0 Å². The number of benzene rings is 1. The van der Waals surface area contributed by atoms with Crippen LogP contribution in [0.4, 0.5) is 10.1 Å². The van der Waals surface area contributed by atoms with Crippen LogP contribution >= 0.6 is 15.9 Å². The summed E-state index contributed by atoms with van der Waals surface area (Å²) in [4.78, 5) is 0. The molecule has 1 aromatic carbocycles. The number of nitrogens with one attached hydrogen (secondary N) is 2. The Morgan fingerprint density at radius 2 is 2.29 bits per heavy atom. The number of anilines is 1. The zero-order valence-corrected chi connectivity index (χ0v) is 9.27. The van der Waals surface area contributed by atoms with Crippen molar-refractivity contribution in [2.45, 2.75) is 0 Å². The van der Waals surface area contributed by atoms with Gasteiger partial charge in [-0.3, -0.25) is 0 Å². The van der Waals surface area contributed by atoms with E-state index in [1.54, 1.807) is 12.1 Å². The molecule has 1 aliphatic rings. The molecule has 1 aliphatic heterocycles. The molecule has 0 atom stereocenters. The second kappa shape index (κ2) is 4.28. The van der Waals surface area contributed by atoms with Crippen LogP contribution in [0.5, 0.6) is 0 Å². The molecular formula is C10H12BrFN2. The van der Waals surface area contributed by atoms with Crippen LogP contribution in [0.15, 0.2) is 22.7 Å². The summed E-state index contributed by atoms with van der Waals surface area (Å²) in [6.45, 7) is 2.89. The minimum Gasteiger partial charge on any atom is -0.382 e. The van der Waals surface area contributed by atoms with Gasteiger partial charge in [-0.1, -0.05) is 15.9 Å². The van der Waals surface area contributed by atoms with Crippen LogP contribution in [0, 0.1) is 11.7 Å². The van der Waals surface area contributed by atoms with Crippen molar-refractivity contribution in [3.8, 4) is 0 Å². The Labute approximate surface area is 91.0 Å². The maximum Gasteiger partial charge on any atom is 0.146 e. The summed E-state index contributed by atoms with van der Waals surface area (Å²) < 4.78 is 14.1. The predicted octanol–water partition coefficient (Wildman–Crippen LogP) is 2.22. The fourth-order valence-electron chi connectivity index (χ4n) is 1.38. The third-order valence-electron chi connectivity index (χ3n) is 2.38. The van der Waals surface area contributed by atoms with Gasteiger partial charge in [0.25, 0.3) is 0 Å². The number of halogens is 2. The molecule has 0 radical (unpaired) electrons. The smallest absolute Gasteiger partial charge is 0.146 e. The Kier molecular flexibility index (Phi) is 3.03. The van der Waals surface area contributed by atoms with Gasteiger partial charge in [0.05, 0.1) is 5.69 Å². The first-order valence-corrected chi connectivity index (χ1v) is 5.44. The van der Waals surface area contributed by atoms with Gasteiger partial charge >= 0.3 is 0 Å². The predicted molar refractivity (Wildman–Crippen MR) is 58.9 cm³/mol. The van der Waals surface area contributed by atoms with Crippen LogP contribution in [-0.4, -0.2) is 19.6 Å². The maximum atomic E-state index is 13.2. The fraction of sp³-hybridized carbons (Fsp3) is 0.400. The van der Waals surface area contributed by atoms with Crippen LogP contribution in [0.3, 0.4) is 0 Å². The molecule has 4 heteroatoms. The molecule has 2 nitrogen and oxygen atoms in total. The first-order chi connectivity index (χ1) is 6.75. The van der Waals surface area contributed by atoms with E-state index in [9.17, 15) is 4.39 Å². The van der Waals surface area contributed by atoms with Crippen LogP contribution in [0.25, 0.3) is 0 Å². The van der Waals surface area contributed by atoms with Crippen LogP contribution < -0.4 is 10.6 Å². The summed E-state index contributed by atoms with van der Waals surface area (Å²) in [7, 11) is 0. The summed E-state index contributed by atoms with van der Waals surface area (Å²) in [5.74, 6) is 0.439. The lowest BCUT2D eigenvalue weighted by atomic mass is 10.0. The standard InChI is InChI=1S/C10H12BrFN2/c11-8-1-2-9(12)10(3-8)14-6-7-4-13-5-7/h1-3,7,13-14H,4-6H2. The molecule has 1 saturated heterocycles. The van der Waals surface area contributed by atoms with Gasteiger partial charge < -0.3 is 10.6 Å². The largest absolute Gasteiger partial charge is 0.382 e. The van der Waals surface area contributed by atoms with E-state index < -0.39 is 0 Å². The molecule has 0 saturated carbocycles. The highest BCUT2D eigenvalue weighted by atomic mass is 79.9. The maximum absolute atomic E-state index is 13.2. The molecule has 1 heterocycles. The zero-order chi connectivity index (χ0) is 9.97. The molecule has 2 rings (SSSR count). The second-order valence-corrected chi connectivity index (χ2v) is 4.45. The molecule has 1 aromatic rings. The van der Waals surface area contributed by atoms with E-state index in [-0.39, 0.29) is 5.82 Å². The lowest BCUT2D eigenvalue weighted by molar-refractivity contribution is 0.365. The van der Waals surface area contributed by atoms with E-state index in [1.165, 1.54) is 6.07 Å². The molecule has 0 spiro atoms. The SMILES string of the molecule is Fc1ccc(Br)cc1NCC1CNC1. The van der Waals surface area contributed by atoms with Gasteiger partial charge in [0.1, 0.15) is 5.82 Å². The Morgan fingerprint density at radius 1 is 1.50 bits per heavy atom. The fourth-order valence-corrected chi connectivity index (χ4v) is 1.74. The van der Waals surface area contributed by atoms with Crippen molar-refractivity contribution < 1.29 is 4.39 Å². The van der Waals surface area contributed by atoms with E-state index in [4.69, 9.17) is 0 Å². The highest BCUT2D eigenvalue weighted by Gasteiger charge is 2.16. The van der Waals surface area contributed by atoms with Crippen molar-refractivity contribution in [3.05, 3.63) is 28.5 Å². The molecular weight excluding hydrogens is 247 g/mol. The number of hydrogen-bond donors (Lipinski definition) is 2. The first kappa shape index (κ1) is 9.93. The van der Waals surface area contributed by atoms with E-state index in [0.29, 0.717) is 11.6 Å². The molecule has 76 valence electrons. The second-order valence-electron chi connectivity index (χ2n) is 3.53. The lowest BCUT2D eigenvalue weighted by Crippen LogP contribution is -2.45. The number of rotatable bonds is 3. The molecule has 1 fully saturated rings. The monoisotopic (exact) mass is 258 g/mol. The zero-order valence-electron chi connectivity index (χ0n) is 7.69. The van der Waals surface area contributed by atoms with E-state index >= 15 is 0 Å². The van der Waals surface area contributed by atoms with E-state index in [1.807, 2.05) is 0 Å². The van der Waals surface area contributed by atoms with E-state index in [2.05, 4.69) is 26.6 Å². The Balaban J connectivity index is 1.96.